The third kappa shape index (κ3) is 4.37. The fourth-order valence-electron chi connectivity index (χ4n) is 2.21. The minimum atomic E-state index is -0.691. The summed E-state index contributed by atoms with van der Waals surface area (Å²) < 4.78 is 10.5. The minimum Gasteiger partial charge on any atom is -0.497 e. The Morgan fingerprint density at radius 2 is 1.95 bits per heavy atom. The van der Waals surface area contributed by atoms with E-state index in [1.54, 1.807) is 32.4 Å². The summed E-state index contributed by atoms with van der Waals surface area (Å²) in [6.45, 7) is 1.03. The summed E-state index contributed by atoms with van der Waals surface area (Å²) in [5, 5.41) is 14.3. The Morgan fingerprint density at radius 1 is 1.14 bits per heavy atom. The van der Waals surface area contributed by atoms with Crippen molar-refractivity contribution in [3.8, 4) is 11.5 Å². The molecule has 4 nitrogen and oxygen atoms in total. The summed E-state index contributed by atoms with van der Waals surface area (Å²) in [5.41, 5.74) is 1.76. The predicted molar refractivity (Wildman–Crippen MR) is 87.7 cm³/mol. The summed E-state index contributed by atoms with van der Waals surface area (Å²) in [6.07, 6.45) is -0.691. The van der Waals surface area contributed by atoms with E-state index in [1.807, 2.05) is 24.3 Å². The fraction of sp³-hybridized carbons (Fsp3) is 0.294. The van der Waals surface area contributed by atoms with Crippen molar-refractivity contribution in [2.24, 2.45) is 0 Å². The first-order valence-electron chi connectivity index (χ1n) is 6.99. The average Bonchev–Trinajstić information content (AvgIpc) is 2.54. The molecule has 118 valence electrons. The van der Waals surface area contributed by atoms with Gasteiger partial charge in [-0.3, -0.25) is 0 Å². The number of rotatable bonds is 7. The Labute approximate surface area is 135 Å². The number of ether oxygens (including phenoxy) is 2. The maximum atomic E-state index is 10.4. The van der Waals surface area contributed by atoms with Crippen LogP contribution in [0, 0.1) is 0 Å². The van der Waals surface area contributed by atoms with Crippen molar-refractivity contribution in [3.05, 3.63) is 58.6 Å². The van der Waals surface area contributed by atoms with Crippen LogP contribution in [0.4, 0.5) is 0 Å². The lowest BCUT2D eigenvalue weighted by Gasteiger charge is -2.16. The van der Waals surface area contributed by atoms with E-state index < -0.39 is 6.10 Å². The lowest BCUT2D eigenvalue weighted by atomic mass is 10.1. The van der Waals surface area contributed by atoms with Gasteiger partial charge in [0.2, 0.25) is 0 Å². The molecule has 0 saturated heterocycles. The molecule has 0 heterocycles. The highest BCUT2D eigenvalue weighted by molar-refractivity contribution is 6.30. The molecule has 1 unspecified atom stereocenters. The van der Waals surface area contributed by atoms with Crippen molar-refractivity contribution >= 4 is 11.6 Å². The Balaban J connectivity index is 1.98. The number of hydrogen-bond donors (Lipinski definition) is 2. The zero-order valence-corrected chi connectivity index (χ0v) is 13.4. The van der Waals surface area contributed by atoms with Crippen LogP contribution in [-0.4, -0.2) is 25.9 Å². The number of aliphatic hydroxyl groups is 1. The lowest BCUT2D eigenvalue weighted by Crippen LogP contribution is -2.21. The fourth-order valence-corrected chi connectivity index (χ4v) is 2.42. The predicted octanol–water partition coefficient (Wildman–Crippen LogP) is 3.18. The molecule has 2 aromatic rings. The molecule has 0 bridgehead atoms. The van der Waals surface area contributed by atoms with Gasteiger partial charge in [-0.05, 0) is 35.9 Å². The number of nitrogens with one attached hydrogen (secondary N) is 1. The molecule has 0 saturated carbocycles. The summed E-state index contributed by atoms with van der Waals surface area (Å²) in [7, 11) is 3.17. The second-order valence-electron chi connectivity index (χ2n) is 4.88. The Hall–Kier alpha value is -1.75. The van der Waals surface area contributed by atoms with Crippen LogP contribution >= 0.6 is 11.6 Å². The standard InChI is InChI=1S/C17H20ClNO3/c1-21-14-6-7-17(22-2)15(9-14)16(20)11-19-10-12-4-3-5-13(18)8-12/h3-9,16,19-20H,10-11H2,1-2H3. The Kier molecular flexibility index (Phi) is 6.07. The molecule has 2 rings (SSSR count). The van der Waals surface area contributed by atoms with Gasteiger partial charge in [-0.15, -0.1) is 0 Å². The molecular formula is C17H20ClNO3. The first kappa shape index (κ1) is 16.6. The number of aliphatic hydroxyl groups excluding tert-OH is 1. The number of benzene rings is 2. The van der Waals surface area contributed by atoms with E-state index in [0.29, 0.717) is 35.2 Å². The molecule has 22 heavy (non-hydrogen) atoms. The Morgan fingerprint density at radius 3 is 2.64 bits per heavy atom. The highest BCUT2D eigenvalue weighted by Crippen LogP contribution is 2.29. The van der Waals surface area contributed by atoms with Crippen LogP contribution in [0.15, 0.2) is 42.5 Å². The van der Waals surface area contributed by atoms with Crippen LogP contribution < -0.4 is 14.8 Å². The van der Waals surface area contributed by atoms with Crippen LogP contribution in [0.25, 0.3) is 0 Å². The third-order valence-corrected chi connectivity index (χ3v) is 3.59. The zero-order valence-electron chi connectivity index (χ0n) is 12.7. The Bertz CT molecular complexity index is 619. The second-order valence-corrected chi connectivity index (χ2v) is 5.32. The van der Waals surface area contributed by atoms with Gasteiger partial charge >= 0.3 is 0 Å². The van der Waals surface area contributed by atoms with Crippen molar-refractivity contribution in [3.63, 3.8) is 0 Å². The van der Waals surface area contributed by atoms with Crippen molar-refractivity contribution in [1.29, 1.82) is 0 Å². The maximum Gasteiger partial charge on any atom is 0.124 e. The van der Waals surface area contributed by atoms with Gasteiger partial charge in [-0.25, -0.2) is 0 Å². The van der Waals surface area contributed by atoms with Crippen LogP contribution in [-0.2, 0) is 6.54 Å². The smallest absolute Gasteiger partial charge is 0.124 e. The van der Waals surface area contributed by atoms with Crippen LogP contribution in [0.5, 0.6) is 11.5 Å². The highest BCUT2D eigenvalue weighted by Gasteiger charge is 2.14. The van der Waals surface area contributed by atoms with Gasteiger partial charge in [0, 0.05) is 23.7 Å². The van der Waals surface area contributed by atoms with E-state index in [4.69, 9.17) is 21.1 Å². The van der Waals surface area contributed by atoms with Gasteiger partial charge in [0.05, 0.1) is 20.3 Å². The van der Waals surface area contributed by atoms with Gasteiger partial charge in [0.1, 0.15) is 11.5 Å². The number of hydrogen-bond acceptors (Lipinski definition) is 4. The molecule has 0 aliphatic rings. The van der Waals surface area contributed by atoms with Crippen molar-refractivity contribution in [2.45, 2.75) is 12.6 Å². The summed E-state index contributed by atoms with van der Waals surface area (Å²) in [6, 6.07) is 13.0. The molecule has 0 amide bonds. The van der Waals surface area contributed by atoms with Crippen molar-refractivity contribution in [1.82, 2.24) is 5.32 Å². The summed E-state index contributed by atoms with van der Waals surface area (Å²) in [4.78, 5) is 0. The maximum absolute atomic E-state index is 10.4. The first-order valence-corrected chi connectivity index (χ1v) is 7.37. The molecule has 5 heteroatoms. The number of methoxy groups -OCH3 is 2. The molecule has 2 aromatic carbocycles. The van der Waals surface area contributed by atoms with Crippen molar-refractivity contribution in [2.75, 3.05) is 20.8 Å². The van der Waals surface area contributed by atoms with Gasteiger partial charge in [-0.1, -0.05) is 23.7 Å². The minimum absolute atomic E-state index is 0.399. The second kappa shape index (κ2) is 8.03. The molecule has 0 aromatic heterocycles. The van der Waals surface area contributed by atoms with E-state index in [2.05, 4.69) is 5.32 Å². The molecule has 0 aliphatic carbocycles. The molecule has 2 N–H and O–H groups in total. The lowest BCUT2D eigenvalue weighted by molar-refractivity contribution is 0.169. The topological polar surface area (TPSA) is 50.7 Å². The van der Waals surface area contributed by atoms with Gasteiger partial charge < -0.3 is 19.9 Å². The molecule has 0 radical (unpaired) electrons. The van der Waals surface area contributed by atoms with E-state index in [1.165, 1.54) is 0 Å². The summed E-state index contributed by atoms with van der Waals surface area (Å²) >= 11 is 5.95. The van der Waals surface area contributed by atoms with Gasteiger partial charge in [-0.2, -0.15) is 0 Å². The molecular weight excluding hydrogens is 302 g/mol. The van der Waals surface area contributed by atoms with E-state index in [-0.39, 0.29) is 0 Å². The molecule has 0 fully saturated rings. The highest BCUT2D eigenvalue weighted by atomic mass is 35.5. The van der Waals surface area contributed by atoms with Crippen LogP contribution in [0.2, 0.25) is 5.02 Å². The molecule has 1 atom stereocenters. The summed E-state index contributed by atoms with van der Waals surface area (Å²) in [5.74, 6) is 1.32. The van der Waals surface area contributed by atoms with E-state index in [0.717, 1.165) is 5.56 Å². The zero-order chi connectivity index (χ0) is 15.9. The monoisotopic (exact) mass is 321 g/mol. The molecule has 0 spiro atoms. The molecule has 0 aliphatic heterocycles. The van der Waals surface area contributed by atoms with Crippen molar-refractivity contribution < 1.29 is 14.6 Å². The van der Waals surface area contributed by atoms with Gasteiger partial charge in [0.15, 0.2) is 0 Å². The quantitative estimate of drug-likeness (QED) is 0.822. The third-order valence-electron chi connectivity index (χ3n) is 3.35. The van der Waals surface area contributed by atoms with E-state index >= 15 is 0 Å². The van der Waals surface area contributed by atoms with Crippen LogP contribution in [0.3, 0.4) is 0 Å². The normalized spacial score (nSPS) is 12.0. The van der Waals surface area contributed by atoms with Gasteiger partial charge in [0.25, 0.3) is 0 Å². The SMILES string of the molecule is COc1ccc(OC)c(C(O)CNCc2cccc(Cl)c2)c1. The largest absolute Gasteiger partial charge is 0.497 e. The van der Waals surface area contributed by atoms with E-state index in [9.17, 15) is 5.11 Å². The number of halogens is 1. The average molecular weight is 322 g/mol. The first-order chi connectivity index (χ1) is 10.6. The van der Waals surface area contributed by atoms with Crippen LogP contribution in [0.1, 0.15) is 17.2 Å².